The fraction of sp³-hybridized carbons (Fsp3) is 0.562. The van der Waals surface area contributed by atoms with Crippen LogP contribution in [0, 0.1) is 5.92 Å². The van der Waals surface area contributed by atoms with Gasteiger partial charge in [0.2, 0.25) is 0 Å². The molecule has 0 spiro atoms. The van der Waals surface area contributed by atoms with Gasteiger partial charge in [0.05, 0.1) is 0 Å². The van der Waals surface area contributed by atoms with Crippen molar-refractivity contribution in [3.8, 4) is 0 Å². The summed E-state index contributed by atoms with van der Waals surface area (Å²) in [5.41, 5.74) is 2.93. The van der Waals surface area contributed by atoms with E-state index in [1.54, 1.807) is 0 Å². The average molecular weight is 321 g/mol. The summed E-state index contributed by atoms with van der Waals surface area (Å²) in [6.45, 7) is 1.10. The molecule has 2 nitrogen and oxygen atoms in total. The van der Waals surface area contributed by atoms with Crippen molar-refractivity contribution in [3.63, 3.8) is 0 Å². The third-order valence-corrected chi connectivity index (χ3v) is 5.01. The molecule has 3 heteroatoms. The Morgan fingerprint density at radius 3 is 2.42 bits per heavy atom. The van der Waals surface area contributed by atoms with E-state index in [-0.39, 0.29) is 0 Å². The van der Waals surface area contributed by atoms with Gasteiger partial charge >= 0.3 is 0 Å². The van der Waals surface area contributed by atoms with Crippen LogP contribution in [0.2, 0.25) is 0 Å². The van der Waals surface area contributed by atoms with Gasteiger partial charge in [-0.2, -0.15) is 5.10 Å². The van der Waals surface area contributed by atoms with E-state index in [1.165, 1.54) is 41.4 Å². The molecule has 1 aromatic rings. The zero-order valence-electron chi connectivity index (χ0n) is 11.5. The van der Waals surface area contributed by atoms with Crippen LogP contribution in [0.5, 0.6) is 0 Å². The normalized spacial score (nSPS) is 27.5. The van der Waals surface area contributed by atoms with E-state index in [4.69, 9.17) is 5.10 Å². The maximum atomic E-state index is 4.75. The largest absolute Gasteiger partial charge is 0.300 e. The van der Waals surface area contributed by atoms with Crippen molar-refractivity contribution < 1.29 is 0 Å². The van der Waals surface area contributed by atoms with Gasteiger partial charge in [0.15, 0.2) is 0 Å². The summed E-state index contributed by atoms with van der Waals surface area (Å²) in [4.78, 5) is 0. The molecule has 0 radical (unpaired) electrons. The van der Waals surface area contributed by atoms with E-state index >= 15 is 0 Å². The number of hydrogen-bond donors (Lipinski definition) is 0. The molecule has 1 fully saturated rings. The van der Waals surface area contributed by atoms with Crippen LogP contribution in [0.15, 0.2) is 33.8 Å². The molecule has 19 heavy (non-hydrogen) atoms. The molecule has 1 saturated carbocycles. The SMILES string of the molecule is CN1CCC(C2CCCCC2c2ccc(Br)cc2)=N1. The fourth-order valence-electron chi connectivity index (χ4n) is 3.49. The molecule has 0 saturated heterocycles. The van der Waals surface area contributed by atoms with Gasteiger partial charge in [-0.1, -0.05) is 40.9 Å². The maximum absolute atomic E-state index is 4.75. The molecule has 0 aromatic heterocycles. The summed E-state index contributed by atoms with van der Waals surface area (Å²) >= 11 is 3.53. The summed E-state index contributed by atoms with van der Waals surface area (Å²) in [5, 5.41) is 6.85. The molecule has 0 N–H and O–H groups in total. The second-order valence-corrected chi connectivity index (χ2v) is 6.69. The minimum atomic E-state index is 0.667. The molecule has 0 bridgehead atoms. The molecule has 1 aromatic carbocycles. The first kappa shape index (κ1) is 13.2. The summed E-state index contributed by atoms with van der Waals surface area (Å²) < 4.78 is 1.17. The van der Waals surface area contributed by atoms with Gasteiger partial charge in [0.1, 0.15) is 0 Å². The standard InChI is InChI=1S/C16H21BrN2/c1-19-11-10-16(18-19)15-5-3-2-4-14(15)12-6-8-13(17)9-7-12/h6-9,14-15H,2-5,10-11H2,1H3. The van der Waals surface area contributed by atoms with Gasteiger partial charge in [0.25, 0.3) is 0 Å². The molecule has 102 valence electrons. The third-order valence-electron chi connectivity index (χ3n) is 4.48. The number of hydrogen-bond acceptors (Lipinski definition) is 2. The summed E-state index contributed by atoms with van der Waals surface area (Å²) in [7, 11) is 2.09. The van der Waals surface area contributed by atoms with Crippen LogP contribution >= 0.6 is 15.9 Å². The lowest BCUT2D eigenvalue weighted by Gasteiger charge is -2.32. The highest BCUT2D eigenvalue weighted by Crippen LogP contribution is 2.40. The minimum absolute atomic E-state index is 0.667. The smallest absolute Gasteiger partial charge is 0.0435 e. The van der Waals surface area contributed by atoms with Gasteiger partial charge in [-0.05, 0) is 36.5 Å². The van der Waals surface area contributed by atoms with Crippen molar-refractivity contribution >= 4 is 21.6 Å². The van der Waals surface area contributed by atoms with Crippen LogP contribution in [0.1, 0.15) is 43.6 Å². The van der Waals surface area contributed by atoms with Crippen molar-refractivity contribution in [2.45, 2.75) is 38.0 Å². The Morgan fingerprint density at radius 2 is 1.79 bits per heavy atom. The molecular weight excluding hydrogens is 300 g/mol. The van der Waals surface area contributed by atoms with Crippen LogP contribution in [-0.4, -0.2) is 24.3 Å². The number of nitrogens with zero attached hydrogens (tertiary/aromatic N) is 2. The molecule has 1 aliphatic carbocycles. The fourth-order valence-corrected chi connectivity index (χ4v) is 3.76. The second kappa shape index (κ2) is 5.66. The zero-order valence-corrected chi connectivity index (χ0v) is 13.1. The first-order valence-corrected chi connectivity index (χ1v) is 8.07. The van der Waals surface area contributed by atoms with Gasteiger partial charge in [-0.15, -0.1) is 0 Å². The van der Waals surface area contributed by atoms with Crippen LogP contribution < -0.4 is 0 Å². The van der Waals surface area contributed by atoms with Crippen molar-refractivity contribution in [2.24, 2.45) is 11.0 Å². The molecule has 2 unspecified atom stereocenters. The molecular formula is C16H21BrN2. The number of rotatable bonds is 2. The van der Waals surface area contributed by atoms with Gasteiger partial charge in [-0.3, -0.25) is 5.01 Å². The number of benzene rings is 1. The molecule has 1 heterocycles. The third kappa shape index (κ3) is 2.86. The van der Waals surface area contributed by atoms with E-state index in [1.807, 2.05) is 0 Å². The Kier molecular flexibility index (Phi) is 3.92. The van der Waals surface area contributed by atoms with Gasteiger partial charge in [-0.25, -0.2) is 0 Å². The summed E-state index contributed by atoms with van der Waals surface area (Å²) in [6.07, 6.45) is 6.51. The Morgan fingerprint density at radius 1 is 1.11 bits per heavy atom. The maximum Gasteiger partial charge on any atom is 0.0435 e. The Bertz CT molecular complexity index is 466. The van der Waals surface area contributed by atoms with Crippen LogP contribution in [-0.2, 0) is 0 Å². The van der Waals surface area contributed by atoms with Crippen molar-refractivity contribution in [1.29, 1.82) is 0 Å². The second-order valence-electron chi connectivity index (χ2n) is 5.77. The van der Waals surface area contributed by atoms with Crippen LogP contribution in [0.3, 0.4) is 0 Å². The lowest BCUT2D eigenvalue weighted by atomic mass is 9.73. The van der Waals surface area contributed by atoms with Gasteiger partial charge < -0.3 is 0 Å². The number of halogens is 1. The van der Waals surface area contributed by atoms with Crippen molar-refractivity contribution in [1.82, 2.24) is 5.01 Å². The quantitative estimate of drug-likeness (QED) is 0.787. The highest BCUT2D eigenvalue weighted by molar-refractivity contribution is 9.10. The molecule has 2 atom stereocenters. The van der Waals surface area contributed by atoms with E-state index < -0.39 is 0 Å². The first-order valence-electron chi connectivity index (χ1n) is 7.28. The van der Waals surface area contributed by atoms with Crippen molar-refractivity contribution in [3.05, 3.63) is 34.3 Å². The molecule has 0 amide bonds. The lowest BCUT2D eigenvalue weighted by Crippen LogP contribution is -2.25. The molecule has 3 rings (SSSR count). The first-order chi connectivity index (χ1) is 9.24. The predicted molar refractivity (Wildman–Crippen MR) is 83.5 cm³/mol. The van der Waals surface area contributed by atoms with Crippen molar-refractivity contribution in [2.75, 3.05) is 13.6 Å². The highest BCUT2D eigenvalue weighted by atomic mass is 79.9. The Labute approximate surface area is 124 Å². The van der Waals surface area contributed by atoms with E-state index in [9.17, 15) is 0 Å². The Hall–Kier alpha value is -0.830. The van der Waals surface area contributed by atoms with E-state index in [0.29, 0.717) is 11.8 Å². The van der Waals surface area contributed by atoms with E-state index in [0.717, 1.165) is 13.0 Å². The Balaban J connectivity index is 1.85. The summed E-state index contributed by atoms with van der Waals surface area (Å²) in [5.74, 6) is 1.34. The minimum Gasteiger partial charge on any atom is -0.300 e. The average Bonchev–Trinajstić information content (AvgIpc) is 2.86. The lowest BCUT2D eigenvalue weighted by molar-refractivity contribution is 0.374. The van der Waals surface area contributed by atoms with Crippen LogP contribution in [0.4, 0.5) is 0 Å². The van der Waals surface area contributed by atoms with Gasteiger partial charge in [0, 0.05) is 36.1 Å². The highest BCUT2D eigenvalue weighted by Gasteiger charge is 2.32. The molecule has 2 aliphatic rings. The van der Waals surface area contributed by atoms with Crippen LogP contribution in [0.25, 0.3) is 0 Å². The zero-order chi connectivity index (χ0) is 13.2. The monoisotopic (exact) mass is 320 g/mol. The molecule has 1 aliphatic heterocycles. The predicted octanol–water partition coefficient (Wildman–Crippen LogP) is 4.41. The van der Waals surface area contributed by atoms with E-state index in [2.05, 4.69) is 52.3 Å². The summed E-state index contributed by atoms with van der Waals surface area (Å²) in [6, 6.07) is 8.91. The topological polar surface area (TPSA) is 15.6 Å². The number of hydrazone groups is 1.